The van der Waals surface area contributed by atoms with Gasteiger partial charge in [-0.1, -0.05) is 13.3 Å². The molecule has 0 spiro atoms. The second-order valence-electron chi connectivity index (χ2n) is 3.06. The Morgan fingerprint density at radius 1 is 1.43 bits per heavy atom. The summed E-state index contributed by atoms with van der Waals surface area (Å²) in [7, 11) is -4.10. The van der Waals surface area contributed by atoms with Crippen molar-refractivity contribution in [2.24, 2.45) is 0 Å². The fraction of sp³-hybridized carbons (Fsp3) is 0.444. The summed E-state index contributed by atoms with van der Waals surface area (Å²) in [5.41, 5.74) is 0. The predicted molar refractivity (Wildman–Crippen MR) is 51.4 cm³/mol. The summed E-state index contributed by atoms with van der Waals surface area (Å²) in [4.78, 5) is 0. The molecule has 0 unspecified atom stereocenters. The van der Waals surface area contributed by atoms with Crippen LogP contribution in [-0.2, 0) is 16.7 Å². The van der Waals surface area contributed by atoms with E-state index in [-0.39, 0.29) is 5.03 Å². The van der Waals surface area contributed by atoms with E-state index in [9.17, 15) is 8.42 Å². The highest BCUT2D eigenvalue weighted by Crippen LogP contribution is 2.01. The first-order valence-electron chi connectivity index (χ1n) is 4.51. The van der Waals surface area contributed by atoms with Crippen molar-refractivity contribution in [2.75, 3.05) is 0 Å². The van der Waals surface area contributed by atoms with Gasteiger partial charge in [0.1, 0.15) is 6.54 Å². The van der Waals surface area contributed by atoms with Crippen LogP contribution < -0.4 is 4.57 Å². The van der Waals surface area contributed by atoms with Crippen molar-refractivity contribution in [1.29, 1.82) is 0 Å². The molecule has 1 aromatic rings. The Kier molecular flexibility index (Phi) is 3.60. The van der Waals surface area contributed by atoms with Crippen LogP contribution >= 0.6 is 0 Å². The Morgan fingerprint density at radius 2 is 2.14 bits per heavy atom. The van der Waals surface area contributed by atoms with Gasteiger partial charge >= 0.3 is 15.1 Å². The van der Waals surface area contributed by atoms with Gasteiger partial charge in [-0.2, -0.15) is 13.0 Å². The van der Waals surface area contributed by atoms with Crippen LogP contribution in [0.2, 0.25) is 0 Å². The Morgan fingerprint density at radius 3 is 2.71 bits per heavy atom. The highest BCUT2D eigenvalue weighted by Gasteiger charge is 2.21. The van der Waals surface area contributed by atoms with E-state index in [0.717, 1.165) is 12.8 Å². The third kappa shape index (κ3) is 2.78. The number of hydrogen-bond donors (Lipinski definition) is 1. The zero-order valence-corrected chi connectivity index (χ0v) is 8.87. The highest BCUT2D eigenvalue weighted by molar-refractivity contribution is 7.85. The molecule has 1 rings (SSSR count). The van der Waals surface area contributed by atoms with Crippen molar-refractivity contribution in [1.82, 2.24) is 0 Å². The van der Waals surface area contributed by atoms with Crippen LogP contribution in [0.3, 0.4) is 0 Å². The van der Waals surface area contributed by atoms with Crippen LogP contribution in [-0.4, -0.2) is 13.0 Å². The molecule has 14 heavy (non-hydrogen) atoms. The van der Waals surface area contributed by atoms with Gasteiger partial charge in [0.15, 0.2) is 6.20 Å². The zero-order valence-electron chi connectivity index (χ0n) is 8.05. The molecule has 1 aromatic heterocycles. The maximum atomic E-state index is 11.0. The quantitative estimate of drug-likeness (QED) is 0.604. The van der Waals surface area contributed by atoms with Gasteiger partial charge in [-0.15, -0.1) is 0 Å². The van der Waals surface area contributed by atoms with Gasteiger partial charge in [-0.05, 0) is 6.07 Å². The lowest BCUT2D eigenvalue weighted by molar-refractivity contribution is -0.734. The largest absolute Gasteiger partial charge is 0.355 e. The maximum absolute atomic E-state index is 11.0. The molecule has 0 aliphatic heterocycles. The molecule has 0 fully saturated rings. The van der Waals surface area contributed by atoms with E-state index in [1.807, 2.05) is 6.92 Å². The SMILES string of the molecule is CCCC[n+]1ccccc1S(=O)(=O)O. The molecule has 0 saturated heterocycles. The molecule has 78 valence electrons. The number of aryl methyl sites for hydroxylation is 1. The van der Waals surface area contributed by atoms with Gasteiger partial charge in [-0.25, -0.2) is 0 Å². The highest BCUT2D eigenvalue weighted by atomic mass is 32.2. The van der Waals surface area contributed by atoms with Crippen molar-refractivity contribution in [2.45, 2.75) is 31.3 Å². The van der Waals surface area contributed by atoms with E-state index in [2.05, 4.69) is 0 Å². The number of unbranched alkanes of at least 4 members (excludes halogenated alkanes) is 1. The molecule has 5 heteroatoms. The van der Waals surface area contributed by atoms with E-state index in [0.29, 0.717) is 6.54 Å². The van der Waals surface area contributed by atoms with Crippen LogP contribution in [0.15, 0.2) is 29.4 Å². The summed E-state index contributed by atoms with van der Waals surface area (Å²) in [6.07, 6.45) is 3.52. The second kappa shape index (κ2) is 4.52. The van der Waals surface area contributed by atoms with E-state index < -0.39 is 10.1 Å². The minimum Gasteiger partial charge on any atom is -0.277 e. The van der Waals surface area contributed by atoms with Crippen LogP contribution in [0.1, 0.15) is 19.8 Å². The molecule has 0 aromatic carbocycles. The van der Waals surface area contributed by atoms with E-state index in [4.69, 9.17) is 4.55 Å². The molecule has 0 amide bonds. The molecule has 0 bridgehead atoms. The average molecular weight is 216 g/mol. The topological polar surface area (TPSA) is 58.2 Å². The van der Waals surface area contributed by atoms with Crippen LogP contribution in [0.25, 0.3) is 0 Å². The van der Waals surface area contributed by atoms with E-state index in [1.54, 1.807) is 22.9 Å². The lowest BCUT2D eigenvalue weighted by Crippen LogP contribution is -2.39. The molecular weight excluding hydrogens is 202 g/mol. The molecular formula is C9H14NO3S+. The van der Waals surface area contributed by atoms with Gasteiger partial charge in [0.25, 0.3) is 0 Å². The summed E-state index contributed by atoms with van der Waals surface area (Å²) in [5.74, 6) is 0. The number of aromatic nitrogens is 1. The van der Waals surface area contributed by atoms with Crippen molar-refractivity contribution < 1.29 is 17.5 Å². The number of pyridine rings is 1. The lowest BCUT2D eigenvalue weighted by Gasteiger charge is -1.99. The Bertz CT molecular complexity index is 400. The first kappa shape index (κ1) is 11.1. The van der Waals surface area contributed by atoms with Gasteiger partial charge in [0, 0.05) is 18.6 Å². The van der Waals surface area contributed by atoms with Gasteiger partial charge < -0.3 is 0 Å². The molecule has 0 aliphatic rings. The Labute approximate surface area is 83.9 Å². The lowest BCUT2D eigenvalue weighted by atomic mass is 10.3. The fourth-order valence-corrected chi connectivity index (χ4v) is 1.91. The summed E-state index contributed by atoms with van der Waals surface area (Å²) in [5, 5.41) is -0.0477. The average Bonchev–Trinajstić information content (AvgIpc) is 2.14. The molecule has 1 heterocycles. The number of rotatable bonds is 4. The molecule has 4 nitrogen and oxygen atoms in total. The first-order chi connectivity index (χ1) is 6.55. The molecule has 0 atom stereocenters. The van der Waals surface area contributed by atoms with Gasteiger partial charge in [0.05, 0.1) is 0 Å². The van der Waals surface area contributed by atoms with Crippen molar-refractivity contribution in [3.05, 3.63) is 24.4 Å². The van der Waals surface area contributed by atoms with Crippen molar-refractivity contribution in [3.8, 4) is 0 Å². The molecule has 0 radical (unpaired) electrons. The fourth-order valence-electron chi connectivity index (χ4n) is 1.21. The van der Waals surface area contributed by atoms with Crippen LogP contribution in [0.5, 0.6) is 0 Å². The zero-order chi connectivity index (χ0) is 10.6. The summed E-state index contributed by atoms with van der Waals surface area (Å²) in [6, 6.07) is 4.72. The molecule has 1 N–H and O–H groups in total. The third-order valence-corrected chi connectivity index (χ3v) is 2.82. The maximum Gasteiger partial charge on any atom is 0.355 e. The smallest absolute Gasteiger partial charge is 0.277 e. The van der Waals surface area contributed by atoms with E-state index in [1.165, 1.54) is 6.07 Å². The van der Waals surface area contributed by atoms with Crippen LogP contribution in [0, 0.1) is 0 Å². The number of hydrogen-bond acceptors (Lipinski definition) is 2. The minimum absolute atomic E-state index is 0.0477. The summed E-state index contributed by atoms with van der Waals surface area (Å²) < 4.78 is 32.4. The third-order valence-electron chi connectivity index (χ3n) is 1.92. The minimum atomic E-state index is -4.10. The monoisotopic (exact) mass is 216 g/mol. The van der Waals surface area contributed by atoms with E-state index >= 15 is 0 Å². The number of nitrogens with zero attached hydrogens (tertiary/aromatic N) is 1. The predicted octanol–water partition coefficient (Wildman–Crippen LogP) is 1.02. The van der Waals surface area contributed by atoms with Crippen molar-refractivity contribution >= 4 is 10.1 Å². The standard InChI is InChI=1S/C9H13NO3S/c1-2-3-7-10-8-5-4-6-9(10)14(11,12)13/h4-6,8H,2-3,7H2,1H3/p+1. The van der Waals surface area contributed by atoms with Crippen molar-refractivity contribution in [3.63, 3.8) is 0 Å². The normalized spacial score (nSPS) is 11.6. The van der Waals surface area contributed by atoms with Crippen LogP contribution in [0.4, 0.5) is 0 Å². The second-order valence-corrected chi connectivity index (χ2v) is 4.43. The van der Waals surface area contributed by atoms with Gasteiger partial charge in [-0.3, -0.25) is 4.55 Å². The van der Waals surface area contributed by atoms with Gasteiger partial charge in [0.2, 0.25) is 0 Å². The summed E-state index contributed by atoms with van der Waals surface area (Å²) in [6.45, 7) is 2.63. The molecule has 0 aliphatic carbocycles. The first-order valence-corrected chi connectivity index (χ1v) is 5.95. The Balaban J connectivity index is 3.04. The molecule has 0 saturated carbocycles. The summed E-state index contributed by atoms with van der Waals surface area (Å²) >= 11 is 0. The Hall–Kier alpha value is -0.940.